The Labute approximate surface area is 131 Å². The number of aryl methyl sites for hydroxylation is 1. The molecule has 2 N–H and O–H groups in total. The molecule has 22 heavy (non-hydrogen) atoms. The van der Waals surface area contributed by atoms with Crippen LogP contribution in [0.4, 0.5) is 5.69 Å². The van der Waals surface area contributed by atoms with E-state index in [2.05, 4.69) is 15.5 Å². The van der Waals surface area contributed by atoms with Crippen LogP contribution >= 0.6 is 0 Å². The number of amides is 2. The molecule has 118 valence electrons. The number of benzene rings is 1. The molecular formula is C17H23N3O2. The highest BCUT2D eigenvalue weighted by Gasteiger charge is 2.45. The first-order chi connectivity index (χ1) is 10.5. The Morgan fingerprint density at radius 1 is 1.41 bits per heavy atom. The van der Waals surface area contributed by atoms with E-state index in [0.717, 1.165) is 37.3 Å². The van der Waals surface area contributed by atoms with Crippen molar-refractivity contribution in [3.63, 3.8) is 0 Å². The molecule has 2 fully saturated rings. The number of hydrogen-bond acceptors (Lipinski definition) is 3. The fourth-order valence-corrected chi connectivity index (χ4v) is 3.46. The van der Waals surface area contributed by atoms with Gasteiger partial charge in [0.15, 0.2) is 0 Å². The van der Waals surface area contributed by atoms with Crippen molar-refractivity contribution in [1.82, 2.24) is 10.2 Å². The van der Waals surface area contributed by atoms with Crippen molar-refractivity contribution in [3.8, 4) is 0 Å². The number of likely N-dealkylation sites (tertiary alicyclic amines) is 1. The third-order valence-electron chi connectivity index (χ3n) is 4.99. The minimum atomic E-state index is -0.185. The van der Waals surface area contributed by atoms with E-state index < -0.39 is 0 Å². The van der Waals surface area contributed by atoms with E-state index >= 15 is 0 Å². The van der Waals surface area contributed by atoms with Crippen molar-refractivity contribution < 1.29 is 9.59 Å². The van der Waals surface area contributed by atoms with Crippen molar-refractivity contribution in [2.75, 3.05) is 25.0 Å². The maximum absolute atomic E-state index is 12.5. The van der Waals surface area contributed by atoms with Gasteiger partial charge in [-0.25, -0.2) is 0 Å². The normalized spacial score (nSPS) is 26.2. The van der Waals surface area contributed by atoms with Gasteiger partial charge in [0, 0.05) is 30.6 Å². The quantitative estimate of drug-likeness (QED) is 0.890. The number of para-hydroxylation sites is 1. The fraction of sp³-hybridized carbons (Fsp3) is 0.529. The summed E-state index contributed by atoms with van der Waals surface area (Å²) in [6, 6.07) is 7.61. The van der Waals surface area contributed by atoms with E-state index in [1.165, 1.54) is 0 Å². The van der Waals surface area contributed by atoms with Gasteiger partial charge in [-0.15, -0.1) is 0 Å². The van der Waals surface area contributed by atoms with E-state index in [0.29, 0.717) is 6.42 Å². The second-order valence-corrected chi connectivity index (χ2v) is 6.65. The lowest BCUT2D eigenvalue weighted by Gasteiger charge is -2.26. The van der Waals surface area contributed by atoms with Crippen LogP contribution in [-0.2, 0) is 9.59 Å². The van der Waals surface area contributed by atoms with Gasteiger partial charge in [0.2, 0.25) is 11.8 Å². The van der Waals surface area contributed by atoms with Gasteiger partial charge < -0.3 is 10.6 Å². The summed E-state index contributed by atoms with van der Waals surface area (Å²) in [5, 5.41) is 5.93. The predicted octanol–water partition coefficient (Wildman–Crippen LogP) is 1.53. The van der Waals surface area contributed by atoms with E-state index in [4.69, 9.17) is 0 Å². The van der Waals surface area contributed by atoms with Crippen molar-refractivity contribution in [3.05, 3.63) is 29.8 Å². The maximum atomic E-state index is 12.5. The molecule has 0 radical (unpaired) electrons. The maximum Gasteiger partial charge on any atom is 0.241 e. The lowest BCUT2D eigenvalue weighted by atomic mass is 9.86. The number of carbonyl (C=O) groups excluding carboxylic acids is 2. The second-order valence-electron chi connectivity index (χ2n) is 6.65. The Kier molecular flexibility index (Phi) is 3.91. The number of nitrogens with zero attached hydrogens (tertiary/aromatic N) is 1. The third kappa shape index (κ3) is 2.86. The zero-order valence-corrected chi connectivity index (χ0v) is 13.2. The molecule has 5 heteroatoms. The third-order valence-corrected chi connectivity index (χ3v) is 4.99. The van der Waals surface area contributed by atoms with Crippen molar-refractivity contribution in [1.29, 1.82) is 0 Å². The molecule has 2 saturated heterocycles. The Balaban J connectivity index is 1.62. The molecule has 0 saturated carbocycles. The minimum Gasteiger partial charge on any atom is -0.355 e. The van der Waals surface area contributed by atoms with Crippen LogP contribution in [0.2, 0.25) is 0 Å². The Morgan fingerprint density at radius 2 is 2.18 bits per heavy atom. The van der Waals surface area contributed by atoms with E-state index in [-0.39, 0.29) is 23.3 Å². The van der Waals surface area contributed by atoms with Gasteiger partial charge in [-0.3, -0.25) is 14.5 Å². The molecule has 2 unspecified atom stereocenters. The highest BCUT2D eigenvalue weighted by Crippen LogP contribution is 2.37. The minimum absolute atomic E-state index is 0.0173. The zero-order chi connectivity index (χ0) is 15.7. The summed E-state index contributed by atoms with van der Waals surface area (Å²) >= 11 is 0. The molecule has 0 bridgehead atoms. The van der Waals surface area contributed by atoms with Crippen LogP contribution in [0, 0.1) is 12.3 Å². The molecule has 2 heterocycles. The predicted molar refractivity (Wildman–Crippen MR) is 85.5 cm³/mol. The van der Waals surface area contributed by atoms with Gasteiger partial charge in [0.1, 0.15) is 0 Å². The van der Waals surface area contributed by atoms with Crippen LogP contribution < -0.4 is 10.6 Å². The molecular weight excluding hydrogens is 278 g/mol. The average Bonchev–Trinajstić information content (AvgIpc) is 3.07. The Bertz CT molecular complexity index is 601. The second kappa shape index (κ2) is 5.72. The number of nitrogens with one attached hydrogen (secondary N) is 2. The molecule has 3 rings (SSSR count). The first kappa shape index (κ1) is 15.0. The molecule has 2 atom stereocenters. The number of hydrogen-bond donors (Lipinski definition) is 2. The molecule has 1 spiro atoms. The van der Waals surface area contributed by atoms with Crippen LogP contribution in [-0.4, -0.2) is 42.4 Å². The van der Waals surface area contributed by atoms with Crippen molar-refractivity contribution in [2.45, 2.75) is 32.7 Å². The van der Waals surface area contributed by atoms with Crippen molar-refractivity contribution >= 4 is 17.5 Å². The summed E-state index contributed by atoms with van der Waals surface area (Å²) in [5.41, 5.74) is 1.96. The van der Waals surface area contributed by atoms with Gasteiger partial charge in [-0.2, -0.15) is 0 Å². The molecule has 5 nitrogen and oxygen atoms in total. The standard InChI is InChI=1S/C17H23N3O2/c1-12-5-3-4-6-14(12)19-16(22)13(2)20-8-7-17(11-20)9-15(21)18-10-17/h3-6,13H,7-11H2,1-2H3,(H,18,21)(H,19,22). The molecule has 2 aliphatic rings. The summed E-state index contributed by atoms with van der Waals surface area (Å²) < 4.78 is 0. The van der Waals surface area contributed by atoms with E-state index in [1.807, 2.05) is 38.1 Å². The zero-order valence-electron chi connectivity index (χ0n) is 13.2. The largest absolute Gasteiger partial charge is 0.355 e. The van der Waals surface area contributed by atoms with Gasteiger partial charge in [0.05, 0.1) is 6.04 Å². The summed E-state index contributed by atoms with van der Waals surface area (Å²) in [7, 11) is 0. The highest BCUT2D eigenvalue weighted by molar-refractivity contribution is 5.95. The van der Waals surface area contributed by atoms with Crippen molar-refractivity contribution in [2.24, 2.45) is 5.41 Å². The van der Waals surface area contributed by atoms with Gasteiger partial charge >= 0.3 is 0 Å². The lowest BCUT2D eigenvalue weighted by Crippen LogP contribution is -2.42. The van der Waals surface area contributed by atoms with Gasteiger partial charge in [-0.1, -0.05) is 18.2 Å². The summed E-state index contributed by atoms with van der Waals surface area (Å²) in [5.74, 6) is 0.155. The van der Waals surface area contributed by atoms with Crippen LogP contribution in [0.5, 0.6) is 0 Å². The molecule has 0 aliphatic carbocycles. The molecule has 1 aromatic carbocycles. The summed E-state index contributed by atoms with van der Waals surface area (Å²) in [6.45, 7) is 6.36. The SMILES string of the molecule is Cc1ccccc1NC(=O)C(C)N1CCC2(CNC(=O)C2)C1. The van der Waals surface area contributed by atoms with E-state index in [1.54, 1.807) is 0 Å². The Morgan fingerprint density at radius 3 is 2.86 bits per heavy atom. The smallest absolute Gasteiger partial charge is 0.241 e. The molecule has 0 aromatic heterocycles. The monoisotopic (exact) mass is 301 g/mol. The van der Waals surface area contributed by atoms with Crippen LogP contribution in [0.15, 0.2) is 24.3 Å². The summed E-state index contributed by atoms with van der Waals surface area (Å²) in [6.07, 6.45) is 1.57. The van der Waals surface area contributed by atoms with Crippen LogP contribution in [0.25, 0.3) is 0 Å². The number of carbonyl (C=O) groups is 2. The van der Waals surface area contributed by atoms with Crippen LogP contribution in [0.1, 0.15) is 25.3 Å². The lowest BCUT2D eigenvalue weighted by molar-refractivity contribution is -0.120. The first-order valence-electron chi connectivity index (χ1n) is 7.86. The summed E-state index contributed by atoms with van der Waals surface area (Å²) in [4.78, 5) is 26.2. The average molecular weight is 301 g/mol. The molecule has 1 aromatic rings. The highest BCUT2D eigenvalue weighted by atomic mass is 16.2. The molecule has 2 aliphatic heterocycles. The number of anilines is 1. The first-order valence-corrected chi connectivity index (χ1v) is 7.86. The number of rotatable bonds is 3. The van der Waals surface area contributed by atoms with Gasteiger partial charge in [-0.05, 0) is 38.4 Å². The topological polar surface area (TPSA) is 61.4 Å². The van der Waals surface area contributed by atoms with Crippen LogP contribution in [0.3, 0.4) is 0 Å². The van der Waals surface area contributed by atoms with E-state index in [9.17, 15) is 9.59 Å². The molecule has 2 amide bonds. The fourth-order valence-electron chi connectivity index (χ4n) is 3.46. The Hall–Kier alpha value is -1.88. The van der Waals surface area contributed by atoms with Gasteiger partial charge in [0.25, 0.3) is 0 Å².